The fourth-order valence-corrected chi connectivity index (χ4v) is 1.80. The number of hydrogen-bond donors (Lipinski definition) is 2. The highest BCUT2D eigenvalue weighted by Gasteiger charge is 2.27. The summed E-state index contributed by atoms with van der Waals surface area (Å²) in [6, 6.07) is 8.98. The maximum absolute atomic E-state index is 12.0. The monoisotopic (exact) mass is 281 g/mol. The van der Waals surface area contributed by atoms with Gasteiger partial charge in [-0.3, -0.25) is 4.90 Å². The summed E-state index contributed by atoms with van der Waals surface area (Å²) in [5.74, 6) is 0. The van der Waals surface area contributed by atoms with E-state index in [1.165, 1.54) is 0 Å². The van der Waals surface area contributed by atoms with Crippen molar-refractivity contribution in [2.45, 2.75) is 38.8 Å². The van der Waals surface area contributed by atoms with E-state index in [1.807, 2.05) is 30.3 Å². The molecule has 0 saturated heterocycles. The van der Waals surface area contributed by atoms with Gasteiger partial charge in [0, 0.05) is 0 Å². The Morgan fingerprint density at radius 1 is 1.25 bits per heavy atom. The molecule has 2 N–H and O–H groups in total. The topological polar surface area (TPSA) is 70.0 Å². The molecule has 0 fully saturated rings. The Balaban J connectivity index is 2.77. The van der Waals surface area contributed by atoms with Crippen molar-refractivity contribution < 1.29 is 19.7 Å². The van der Waals surface area contributed by atoms with Crippen LogP contribution in [0.15, 0.2) is 30.3 Å². The van der Waals surface area contributed by atoms with Gasteiger partial charge >= 0.3 is 6.09 Å². The molecule has 0 aromatic heterocycles. The number of aliphatic hydroxyl groups excluding tert-OH is 2. The van der Waals surface area contributed by atoms with Crippen molar-refractivity contribution in [2.24, 2.45) is 0 Å². The van der Waals surface area contributed by atoms with E-state index in [0.29, 0.717) is 6.42 Å². The molecule has 1 aromatic carbocycles. The molecule has 5 nitrogen and oxygen atoms in total. The molecule has 1 atom stereocenters. The SMILES string of the molecule is CC(C)(C)OC(=O)N(CO)[C@@H](CO)Cc1ccccc1. The van der Waals surface area contributed by atoms with Gasteiger partial charge < -0.3 is 14.9 Å². The second kappa shape index (κ2) is 7.26. The van der Waals surface area contributed by atoms with Crippen LogP contribution in [0.1, 0.15) is 26.3 Å². The number of ether oxygens (including phenoxy) is 1. The third kappa shape index (κ3) is 5.19. The van der Waals surface area contributed by atoms with E-state index >= 15 is 0 Å². The van der Waals surface area contributed by atoms with Crippen LogP contribution in [0.25, 0.3) is 0 Å². The smallest absolute Gasteiger partial charge is 0.412 e. The van der Waals surface area contributed by atoms with Crippen LogP contribution in [0, 0.1) is 0 Å². The molecule has 112 valence electrons. The van der Waals surface area contributed by atoms with Crippen molar-refractivity contribution in [2.75, 3.05) is 13.3 Å². The highest BCUT2D eigenvalue weighted by atomic mass is 16.6. The van der Waals surface area contributed by atoms with E-state index in [1.54, 1.807) is 20.8 Å². The molecule has 1 rings (SSSR count). The van der Waals surface area contributed by atoms with E-state index in [0.717, 1.165) is 10.5 Å². The maximum Gasteiger partial charge on any atom is 0.412 e. The summed E-state index contributed by atoms with van der Waals surface area (Å²) in [6.45, 7) is 4.53. The summed E-state index contributed by atoms with van der Waals surface area (Å²) in [6.07, 6.45) is -0.174. The Labute approximate surface area is 119 Å². The van der Waals surface area contributed by atoms with E-state index in [-0.39, 0.29) is 6.61 Å². The first kappa shape index (κ1) is 16.5. The van der Waals surface area contributed by atoms with Gasteiger partial charge in [-0.15, -0.1) is 0 Å². The molecule has 0 heterocycles. The molecule has 0 aliphatic carbocycles. The summed E-state index contributed by atoms with van der Waals surface area (Å²) < 4.78 is 5.23. The molecule has 0 aliphatic heterocycles. The van der Waals surface area contributed by atoms with Crippen LogP contribution in [0.5, 0.6) is 0 Å². The molecule has 1 aromatic rings. The van der Waals surface area contributed by atoms with Crippen molar-refractivity contribution in [3.05, 3.63) is 35.9 Å². The van der Waals surface area contributed by atoms with Crippen LogP contribution < -0.4 is 0 Å². The lowest BCUT2D eigenvalue weighted by Crippen LogP contribution is -2.46. The second-order valence-corrected chi connectivity index (χ2v) is 5.62. The normalized spacial score (nSPS) is 12.8. The average Bonchev–Trinajstić information content (AvgIpc) is 2.37. The summed E-state index contributed by atoms with van der Waals surface area (Å²) in [7, 11) is 0. The van der Waals surface area contributed by atoms with Crippen LogP contribution in [0.2, 0.25) is 0 Å². The minimum absolute atomic E-state index is 0.241. The number of benzene rings is 1. The Bertz CT molecular complexity index is 414. The van der Waals surface area contributed by atoms with Gasteiger partial charge in [0.2, 0.25) is 0 Å². The molecule has 20 heavy (non-hydrogen) atoms. The van der Waals surface area contributed by atoms with Crippen LogP contribution in [0.3, 0.4) is 0 Å². The van der Waals surface area contributed by atoms with Crippen molar-refractivity contribution in [1.82, 2.24) is 4.90 Å². The summed E-state index contributed by atoms with van der Waals surface area (Å²) in [5, 5.41) is 18.9. The minimum atomic E-state index is -0.642. The Morgan fingerprint density at radius 3 is 2.30 bits per heavy atom. The van der Waals surface area contributed by atoms with E-state index in [2.05, 4.69) is 0 Å². The second-order valence-electron chi connectivity index (χ2n) is 5.62. The highest BCUT2D eigenvalue weighted by Crippen LogP contribution is 2.14. The van der Waals surface area contributed by atoms with Gasteiger partial charge in [-0.05, 0) is 32.8 Å². The van der Waals surface area contributed by atoms with Crippen molar-refractivity contribution in [3.8, 4) is 0 Å². The molecular weight excluding hydrogens is 258 g/mol. The van der Waals surface area contributed by atoms with Crippen molar-refractivity contribution >= 4 is 6.09 Å². The minimum Gasteiger partial charge on any atom is -0.444 e. The van der Waals surface area contributed by atoms with Crippen molar-refractivity contribution in [1.29, 1.82) is 0 Å². The van der Waals surface area contributed by atoms with Crippen molar-refractivity contribution in [3.63, 3.8) is 0 Å². The Kier molecular flexibility index (Phi) is 5.98. The highest BCUT2D eigenvalue weighted by molar-refractivity contribution is 5.68. The van der Waals surface area contributed by atoms with Crippen LogP contribution in [-0.4, -0.2) is 46.2 Å². The molecular formula is C15H23NO4. The standard InChI is InChI=1S/C15H23NO4/c1-15(2,3)20-14(19)16(11-18)13(10-17)9-12-7-5-4-6-8-12/h4-8,13,17-18H,9-11H2,1-3H3/t13-/m1/s1. The van der Waals surface area contributed by atoms with Gasteiger partial charge in [-0.1, -0.05) is 30.3 Å². The summed E-state index contributed by atoms with van der Waals surface area (Å²) in [5.41, 5.74) is 0.339. The number of carbonyl (C=O) groups is 1. The van der Waals surface area contributed by atoms with Crippen LogP contribution in [0.4, 0.5) is 4.79 Å². The first-order chi connectivity index (χ1) is 9.37. The Morgan fingerprint density at radius 2 is 1.85 bits per heavy atom. The molecule has 0 aliphatic rings. The van der Waals surface area contributed by atoms with Crippen LogP contribution in [-0.2, 0) is 11.2 Å². The molecule has 0 unspecified atom stereocenters. The molecule has 1 amide bonds. The molecule has 0 bridgehead atoms. The van der Waals surface area contributed by atoms with Gasteiger partial charge in [-0.25, -0.2) is 4.79 Å². The zero-order valence-electron chi connectivity index (χ0n) is 12.2. The van der Waals surface area contributed by atoms with Gasteiger partial charge in [0.1, 0.15) is 12.3 Å². The number of aliphatic hydroxyl groups is 2. The number of rotatable bonds is 5. The summed E-state index contributed by atoms with van der Waals surface area (Å²) >= 11 is 0. The average molecular weight is 281 g/mol. The maximum atomic E-state index is 12.0. The zero-order chi connectivity index (χ0) is 15.2. The Hall–Kier alpha value is -1.59. The first-order valence-corrected chi connectivity index (χ1v) is 6.62. The fourth-order valence-electron chi connectivity index (χ4n) is 1.80. The van der Waals surface area contributed by atoms with Gasteiger partial charge in [-0.2, -0.15) is 0 Å². The lowest BCUT2D eigenvalue weighted by atomic mass is 10.1. The van der Waals surface area contributed by atoms with Gasteiger partial charge in [0.15, 0.2) is 0 Å². The summed E-state index contributed by atoms with van der Waals surface area (Å²) in [4.78, 5) is 13.2. The predicted molar refractivity (Wildman–Crippen MR) is 76.2 cm³/mol. The van der Waals surface area contributed by atoms with E-state index in [4.69, 9.17) is 4.74 Å². The molecule has 0 saturated carbocycles. The third-order valence-corrected chi connectivity index (χ3v) is 2.75. The first-order valence-electron chi connectivity index (χ1n) is 6.62. The third-order valence-electron chi connectivity index (χ3n) is 2.75. The fraction of sp³-hybridized carbons (Fsp3) is 0.533. The van der Waals surface area contributed by atoms with E-state index < -0.39 is 24.5 Å². The lowest BCUT2D eigenvalue weighted by Gasteiger charge is -2.31. The predicted octanol–water partition coefficient (Wildman–Crippen LogP) is 1.78. The van der Waals surface area contributed by atoms with Crippen LogP contribution >= 0.6 is 0 Å². The number of nitrogens with zero attached hydrogens (tertiary/aromatic N) is 1. The number of carbonyl (C=O) groups excluding carboxylic acids is 1. The number of amides is 1. The van der Waals surface area contributed by atoms with Gasteiger partial charge in [0.25, 0.3) is 0 Å². The molecule has 0 spiro atoms. The van der Waals surface area contributed by atoms with E-state index in [9.17, 15) is 15.0 Å². The lowest BCUT2D eigenvalue weighted by molar-refractivity contribution is -0.0150. The molecule has 0 radical (unpaired) electrons. The largest absolute Gasteiger partial charge is 0.444 e. The quantitative estimate of drug-likeness (QED) is 0.807. The molecule has 5 heteroatoms. The van der Waals surface area contributed by atoms with Gasteiger partial charge in [0.05, 0.1) is 12.6 Å². The number of hydrogen-bond acceptors (Lipinski definition) is 4. The zero-order valence-corrected chi connectivity index (χ0v) is 12.2.